The average molecular weight is 420 g/mol. The van der Waals surface area contributed by atoms with Gasteiger partial charge in [0.05, 0.1) is 5.41 Å². The number of rotatable bonds is 6. The Bertz CT molecular complexity index is 1140. The predicted octanol–water partition coefficient (Wildman–Crippen LogP) is 3.72. The van der Waals surface area contributed by atoms with Crippen LogP contribution in [-0.2, 0) is 16.8 Å². The van der Waals surface area contributed by atoms with E-state index in [9.17, 15) is 14.7 Å². The number of pyridine rings is 1. The molecule has 0 atom stereocenters. The molecular weight excluding hydrogens is 390 g/mol. The van der Waals surface area contributed by atoms with Gasteiger partial charge in [0.25, 0.3) is 5.56 Å². The van der Waals surface area contributed by atoms with Crippen LogP contribution in [0.15, 0.2) is 59.5 Å². The average Bonchev–Trinajstić information content (AvgIpc) is 3.25. The number of aromatic hydroxyl groups is 1. The number of benzene rings is 2. The van der Waals surface area contributed by atoms with Gasteiger partial charge in [-0.1, -0.05) is 31.0 Å². The van der Waals surface area contributed by atoms with Crippen LogP contribution >= 0.6 is 0 Å². The van der Waals surface area contributed by atoms with Crippen molar-refractivity contribution in [3.05, 3.63) is 70.6 Å². The quantitative estimate of drug-likeness (QED) is 0.639. The molecule has 1 aromatic heterocycles. The second kappa shape index (κ2) is 8.55. The number of carbonyl (C=O) groups is 1. The normalized spacial score (nSPS) is 15.5. The number of phenolic OH excluding ortho intramolecular Hbond substituents is 1. The number of phenols is 1. The van der Waals surface area contributed by atoms with Crippen LogP contribution in [0, 0.1) is 0 Å². The highest BCUT2D eigenvalue weighted by molar-refractivity contribution is 6.05. The molecule has 1 heterocycles. The summed E-state index contributed by atoms with van der Waals surface area (Å²) in [7, 11) is 3.96. The molecule has 0 radical (unpaired) electrons. The number of carbonyl (C=O) groups excluding carboxylic acids is 1. The number of hydrogen-bond donors (Lipinski definition) is 2. The molecule has 0 saturated heterocycles. The fourth-order valence-corrected chi connectivity index (χ4v) is 4.56. The molecule has 3 aromatic rings. The van der Waals surface area contributed by atoms with Gasteiger partial charge in [-0.25, -0.2) is 0 Å². The summed E-state index contributed by atoms with van der Waals surface area (Å²) >= 11 is 0. The Hall–Kier alpha value is -3.12. The van der Waals surface area contributed by atoms with E-state index < -0.39 is 5.41 Å². The number of likely N-dealkylation sites (N-methyl/N-ethyl adjacent to an activating group) is 1. The van der Waals surface area contributed by atoms with E-state index in [0.29, 0.717) is 17.6 Å². The monoisotopic (exact) mass is 419 g/mol. The van der Waals surface area contributed by atoms with Gasteiger partial charge in [0, 0.05) is 35.7 Å². The molecule has 1 aliphatic rings. The van der Waals surface area contributed by atoms with Crippen LogP contribution in [0.1, 0.15) is 31.2 Å². The molecule has 6 nitrogen and oxygen atoms in total. The van der Waals surface area contributed by atoms with E-state index in [4.69, 9.17) is 0 Å². The standard InChI is InChI=1S/C25H29N3O3/c1-27(2)16-17-28-15-12-20-21(23(28)30)6-5-7-22(20)26-24(31)25(13-3-4-14-25)18-8-10-19(29)11-9-18/h5-12,15,29H,3-4,13-14,16-17H2,1-2H3,(H,26,31). The zero-order chi connectivity index (χ0) is 22.0. The van der Waals surface area contributed by atoms with E-state index in [-0.39, 0.29) is 17.2 Å². The van der Waals surface area contributed by atoms with Crippen molar-refractivity contribution in [3.63, 3.8) is 0 Å². The topological polar surface area (TPSA) is 74.6 Å². The van der Waals surface area contributed by atoms with Crippen molar-refractivity contribution in [2.24, 2.45) is 0 Å². The summed E-state index contributed by atoms with van der Waals surface area (Å²) in [5.74, 6) is 0.136. The van der Waals surface area contributed by atoms with Gasteiger partial charge in [-0.2, -0.15) is 0 Å². The second-order valence-corrected chi connectivity index (χ2v) is 8.67. The number of amides is 1. The molecule has 1 amide bonds. The molecule has 0 unspecified atom stereocenters. The van der Waals surface area contributed by atoms with Gasteiger partial charge in [-0.3, -0.25) is 9.59 Å². The molecule has 0 spiro atoms. The summed E-state index contributed by atoms with van der Waals surface area (Å²) in [6.45, 7) is 1.39. The van der Waals surface area contributed by atoms with Crippen molar-refractivity contribution >= 4 is 22.4 Å². The summed E-state index contributed by atoms with van der Waals surface area (Å²) < 4.78 is 1.71. The lowest BCUT2D eigenvalue weighted by Gasteiger charge is -2.28. The van der Waals surface area contributed by atoms with Crippen LogP contribution in [0.5, 0.6) is 5.75 Å². The smallest absolute Gasteiger partial charge is 0.258 e. The molecule has 1 saturated carbocycles. The van der Waals surface area contributed by atoms with Crippen molar-refractivity contribution in [3.8, 4) is 5.75 Å². The fraction of sp³-hybridized carbons (Fsp3) is 0.360. The summed E-state index contributed by atoms with van der Waals surface area (Å²) in [5, 5.41) is 14.1. The molecule has 0 bridgehead atoms. The molecule has 2 aromatic carbocycles. The summed E-state index contributed by atoms with van der Waals surface area (Å²) in [6.07, 6.45) is 5.31. The van der Waals surface area contributed by atoms with Crippen LogP contribution in [0.2, 0.25) is 0 Å². The minimum Gasteiger partial charge on any atom is -0.508 e. The van der Waals surface area contributed by atoms with Gasteiger partial charge >= 0.3 is 0 Å². The third kappa shape index (κ3) is 4.08. The summed E-state index contributed by atoms with van der Waals surface area (Å²) in [6, 6.07) is 14.3. The van der Waals surface area contributed by atoms with Gasteiger partial charge < -0.3 is 19.9 Å². The molecular formula is C25H29N3O3. The van der Waals surface area contributed by atoms with Crippen molar-refractivity contribution in [1.82, 2.24) is 9.47 Å². The van der Waals surface area contributed by atoms with Gasteiger partial charge in [0.2, 0.25) is 5.91 Å². The Morgan fingerprint density at radius 1 is 1.06 bits per heavy atom. The van der Waals surface area contributed by atoms with E-state index in [0.717, 1.165) is 43.2 Å². The molecule has 2 N–H and O–H groups in total. The van der Waals surface area contributed by atoms with E-state index in [1.54, 1.807) is 22.9 Å². The lowest BCUT2D eigenvalue weighted by molar-refractivity contribution is -0.121. The first-order chi connectivity index (χ1) is 14.9. The van der Waals surface area contributed by atoms with Crippen molar-refractivity contribution < 1.29 is 9.90 Å². The van der Waals surface area contributed by atoms with E-state index in [1.165, 1.54) is 0 Å². The first-order valence-corrected chi connectivity index (χ1v) is 10.8. The number of hydrogen-bond acceptors (Lipinski definition) is 4. The Labute approximate surface area is 182 Å². The molecule has 0 aliphatic heterocycles. The minimum absolute atomic E-state index is 0.0513. The minimum atomic E-state index is -0.615. The maximum atomic E-state index is 13.5. The van der Waals surface area contributed by atoms with Gasteiger partial charge in [-0.05, 0) is 62.8 Å². The number of anilines is 1. The Morgan fingerprint density at radius 3 is 2.45 bits per heavy atom. The second-order valence-electron chi connectivity index (χ2n) is 8.67. The van der Waals surface area contributed by atoms with Gasteiger partial charge in [0.1, 0.15) is 5.75 Å². The molecule has 1 fully saturated rings. The van der Waals surface area contributed by atoms with Crippen molar-refractivity contribution in [2.45, 2.75) is 37.6 Å². The third-order valence-corrected chi connectivity index (χ3v) is 6.37. The largest absolute Gasteiger partial charge is 0.508 e. The highest BCUT2D eigenvalue weighted by atomic mass is 16.3. The maximum absolute atomic E-state index is 13.5. The summed E-state index contributed by atoms with van der Waals surface area (Å²) in [5.41, 5.74) is 0.914. The molecule has 6 heteroatoms. The Morgan fingerprint density at radius 2 is 1.77 bits per heavy atom. The van der Waals surface area contributed by atoms with Crippen molar-refractivity contribution in [1.29, 1.82) is 0 Å². The molecule has 31 heavy (non-hydrogen) atoms. The third-order valence-electron chi connectivity index (χ3n) is 6.37. The van der Waals surface area contributed by atoms with E-state index in [2.05, 4.69) is 5.32 Å². The van der Waals surface area contributed by atoms with Crippen LogP contribution in [0.25, 0.3) is 10.8 Å². The molecule has 162 valence electrons. The van der Waals surface area contributed by atoms with Crippen molar-refractivity contribution in [2.75, 3.05) is 26.0 Å². The van der Waals surface area contributed by atoms with Gasteiger partial charge in [-0.15, -0.1) is 0 Å². The zero-order valence-electron chi connectivity index (χ0n) is 18.1. The highest BCUT2D eigenvalue weighted by Gasteiger charge is 2.42. The number of aromatic nitrogens is 1. The van der Waals surface area contributed by atoms with Crippen LogP contribution < -0.4 is 10.9 Å². The van der Waals surface area contributed by atoms with Crippen LogP contribution in [0.3, 0.4) is 0 Å². The van der Waals surface area contributed by atoms with E-state index in [1.807, 2.05) is 55.4 Å². The number of nitrogens with zero attached hydrogens (tertiary/aromatic N) is 2. The summed E-state index contributed by atoms with van der Waals surface area (Å²) in [4.78, 5) is 28.5. The first kappa shape index (κ1) is 21.1. The van der Waals surface area contributed by atoms with Crippen LogP contribution in [-0.4, -0.2) is 41.1 Å². The predicted molar refractivity (Wildman–Crippen MR) is 124 cm³/mol. The van der Waals surface area contributed by atoms with Gasteiger partial charge in [0.15, 0.2) is 0 Å². The Kier molecular flexibility index (Phi) is 5.83. The number of fused-ring (bicyclic) bond motifs is 1. The lowest BCUT2D eigenvalue weighted by Crippen LogP contribution is -2.38. The Balaban J connectivity index is 1.67. The zero-order valence-corrected chi connectivity index (χ0v) is 18.1. The van der Waals surface area contributed by atoms with E-state index >= 15 is 0 Å². The van der Waals surface area contributed by atoms with Crippen LogP contribution in [0.4, 0.5) is 5.69 Å². The SMILES string of the molecule is CN(C)CCn1ccc2c(NC(=O)C3(c4ccc(O)cc4)CCCC3)cccc2c1=O. The lowest BCUT2D eigenvalue weighted by atomic mass is 9.78. The molecule has 1 aliphatic carbocycles. The first-order valence-electron chi connectivity index (χ1n) is 10.8. The maximum Gasteiger partial charge on any atom is 0.258 e. The number of nitrogens with one attached hydrogen (secondary N) is 1. The highest BCUT2D eigenvalue weighted by Crippen LogP contribution is 2.42. The fourth-order valence-electron chi connectivity index (χ4n) is 4.56. The molecule has 4 rings (SSSR count).